The molecular formula is C18H24N4O. The van der Waals surface area contributed by atoms with Crippen LogP contribution in [-0.4, -0.2) is 34.3 Å². The molecule has 1 N–H and O–H groups in total. The van der Waals surface area contributed by atoms with Crippen LogP contribution in [0.5, 0.6) is 0 Å². The van der Waals surface area contributed by atoms with E-state index >= 15 is 0 Å². The number of benzene rings is 1. The Morgan fingerprint density at radius 2 is 2.17 bits per heavy atom. The molecule has 0 aliphatic heterocycles. The van der Waals surface area contributed by atoms with E-state index in [9.17, 15) is 4.79 Å². The Morgan fingerprint density at radius 1 is 1.30 bits per heavy atom. The van der Waals surface area contributed by atoms with Crippen molar-refractivity contribution in [2.75, 3.05) is 18.9 Å². The quantitative estimate of drug-likeness (QED) is 0.921. The van der Waals surface area contributed by atoms with Gasteiger partial charge in [-0.15, -0.1) is 0 Å². The topological polar surface area (TPSA) is 50.2 Å². The lowest BCUT2D eigenvalue weighted by Gasteiger charge is -2.22. The number of aryl methyl sites for hydroxylation is 2. The molecule has 2 amide bonds. The maximum absolute atomic E-state index is 12.4. The molecular weight excluding hydrogens is 288 g/mol. The summed E-state index contributed by atoms with van der Waals surface area (Å²) in [5, 5.41) is 7.25. The third kappa shape index (κ3) is 3.92. The second-order valence-electron chi connectivity index (χ2n) is 6.12. The number of hydrogen-bond donors (Lipinski definition) is 1. The SMILES string of the molecule is CN(CCCn1cccn1)C(=O)Nc1cccc2c1CCCC2. The Balaban J connectivity index is 1.54. The highest BCUT2D eigenvalue weighted by Gasteiger charge is 2.15. The van der Waals surface area contributed by atoms with Crippen molar-refractivity contribution in [3.05, 3.63) is 47.8 Å². The minimum Gasteiger partial charge on any atom is -0.328 e. The normalized spacial score (nSPS) is 13.4. The predicted molar refractivity (Wildman–Crippen MR) is 91.6 cm³/mol. The highest BCUT2D eigenvalue weighted by molar-refractivity contribution is 5.90. The highest BCUT2D eigenvalue weighted by atomic mass is 16.2. The van der Waals surface area contributed by atoms with Crippen molar-refractivity contribution in [1.29, 1.82) is 0 Å². The van der Waals surface area contributed by atoms with Crippen molar-refractivity contribution >= 4 is 11.7 Å². The number of fused-ring (bicyclic) bond motifs is 1. The zero-order chi connectivity index (χ0) is 16.1. The van der Waals surface area contributed by atoms with Gasteiger partial charge in [0, 0.05) is 38.2 Å². The van der Waals surface area contributed by atoms with Gasteiger partial charge in [0.25, 0.3) is 0 Å². The Labute approximate surface area is 137 Å². The van der Waals surface area contributed by atoms with Crippen LogP contribution in [0.3, 0.4) is 0 Å². The number of carbonyl (C=O) groups is 1. The van der Waals surface area contributed by atoms with Crippen molar-refractivity contribution in [2.45, 2.75) is 38.6 Å². The van der Waals surface area contributed by atoms with E-state index in [1.54, 1.807) is 11.1 Å². The Morgan fingerprint density at radius 3 is 3.00 bits per heavy atom. The summed E-state index contributed by atoms with van der Waals surface area (Å²) in [6, 6.07) is 8.11. The maximum atomic E-state index is 12.4. The lowest BCUT2D eigenvalue weighted by atomic mass is 9.90. The van der Waals surface area contributed by atoms with Gasteiger partial charge in [-0.3, -0.25) is 4.68 Å². The fourth-order valence-electron chi connectivity index (χ4n) is 3.11. The average molecular weight is 312 g/mol. The number of rotatable bonds is 5. The molecule has 0 unspecified atom stereocenters. The molecule has 0 saturated carbocycles. The van der Waals surface area contributed by atoms with Gasteiger partial charge in [-0.1, -0.05) is 12.1 Å². The van der Waals surface area contributed by atoms with E-state index < -0.39 is 0 Å². The summed E-state index contributed by atoms with van der Waals surface area (Å²) >= 11 is 0. The van der Waals surface area contributed by atoms with Crippen LogP contribution in [0.25, 0.3) is 0 Å². The summed E-state index contributed by atoms with van der Waals surface area (Å²) in [4.78, 5) is 14.1. The molecule has 3 rings (SSSR count). The van der Waals surface area contributed by atoms with Gasteiger partial charge in [0.2, 0.25) is 0 Å². The van der Waals surface area contributed by atoms with Gasteiger partial charge in [-0.25, -0.2) is 4.79 Å². The lowest BCUT2D eigenvalue weighted by Crippen LogP contribution is -2.33. The van der Waals surface area contributed by atoms with Crippen molar-refractivity contribution in [3.63, 3.8) is 0 Å². The first-order chi connectivity index (χ1) is 11.2. The lowest BCUT2D eigenvalue weighted by molar-refractivity contribution is 0.221. The number of nitrogens with zero attached hydrogens (tertiary/aromatic N) is 3. The average Bonchev–Trinajstić information content (AvgIpc) is 3.08. The van der Waals surface area contributed by atoms with Crippen LogP contribution in [-0.2, 0) is 19.4 Å². The predicted octanol–water partition coefficient (Wildman–Crippen LogP) is 3.32. The van der Waals surface area contributed by atoms with Gasteiger partial charge >= 0.3 is 6.03 Å². The van der Waals surface area contributed by atoms with Gasteiger partial charge in [-0.05, 0) is 55.4 Å². The van der Waals surface area contributed by atoms with Crippen LogP contribution < -0.4 is 5.32 Å². The summed E-state index contributed by atoms with van der Waals surface area (Å²) in [6.07, 6.45) is 9.24. The molecule has 0 fully saturated rings. The number of nitrogens with one attached hydrogen (secondary N) is 1. The number of anilines is 1. The number of aromatic nitrogens is 2. The second kappa shape index (κ2) is 7.31. The molecule has 122 valence electrons. The molecule has 5 heteroatoms. The van der Waals surface area contributed by atoms with Crippen LogP contribution in [0, 0.1) is 0 Å². The molecule has 0 bridgehead atoms. The van der Waals surface area contributed by atoms with E-state index in [0.29, 0.717) is 6.54 Å². The molecule has 0 atom stereocenters. The van der Waals surface area contributed by atoms with Crippen LogP contribution in [0.2, 0.25) is 0 Å². The Bertz CT molecular complexity index is 651. The Hall–Kier alpha value is -2.30. The van der Waals surface area contributed by atoms with E-state index in [1.807, 2.05) is 36.1 Å². The van der Waals surface area contributed by atoms with E-state index in [2.05, 4.69) is 16.5 Å². The third-order valence-corrected chi connectivity index (χ3v) is 4.42. The van der Waals surface area contributed by atoms with Crippen LogP contribution >= 0.6 is 0 Å². The zero-order valence-electron chi connectivity index (χ0n) is 13.7. The molecule has 0 saturated heterocycles. The summed E-state index contributed by atoms with van der Waals surface area (Å²) in [5.74, 6) is 0. The number of carbonyl (C=O) groups excluding carboxylic acids is 1. The molecule has 1 heterocycles. The van der Waals surface area contributed by atoms with Crippen molar-refractivity contribution in [1.82, 2.24) is 14.7 Å². The first-order valence-electron chi connectivity index (χ1n) is 8.34. The summed E-state index contributed by atoms with van der Waals surface area (Å²) in [7, 11) is 1.84. The van der Waals surface area contributed by atoms with E-state index in [0.717, 1.165) is 31.5 Å². The highest BCUT2D eigenvalue weighted by Crippen LogP contribution is 2.27. The number of hydrogen-bond acceptors (Lipinski definition) is 2. The second-order valence-corrected chi connectivity index (χ2v) is 6.12. The van der Waals surface area contributed by atoms with Gasteiger partial charge in [0.05, 0.1) is 0 Å². The smallest absolute Gasteiger partial charge is 0.321 e. The van der Waals surface area contributed by atoms with Gasteiger partial charge < -0.3 is 10.2 Å². The molecule has 0 spiro atoms. The first kappa shape index (κ1) is 15.6. The van der Waals surface area contributed by atoms with Crippen molar-refractivity contribution < 1.29 is 4.79 Å². The minimum absolute atomic E-state index is 0.0376. The molecule has 2 aromatic rings. The molecule has 5 nitrogen and oxygen atoms in total. The molecule has 1 aromatic heterocycles. The summed E-state index contributed by atoms with van der Waals surface area (Å²) < 4.78 is 1.89. The minimum atomic E-state index is -0.0376. The standard InChI is InChI=1S/C18H24N4O/c1-21(12-6-14-22-13-5-11-19-22)18(23)20-17-10-4-8-15-7-2-3-9-16(15)17/h4-5,8,10-11,13H,2-3,6-7,9,12,14H2,1H3,(H,20,23). The van der Waals surface area contributed by atoms with Gasteiger partial charge in [0.15, 0.2) is 0 Å². The fraction of sp³-hybridized carbons (Fsp3) is 0.444. The van der Waals surface area contributed by atoms with Gasteiger partial charge in [-0.2, -0.15) is 5.10 Å². The summed E-state index contributed by atoms with van der Waals surface area (Å²) in [6.45, 7) is 1.53. The Kier molecular flexibility index (Phi) is 4.95. The van der Waals surface area contributed by atoms with Crippen LogP contribution in [0.15, 0.2) is 36.7 Å². The first-order valence-corrected chi connectivity index (χ1v) is 8.34. The summed E-state index contributed by atoms with van der Waals surface area (Å²) in [5.41, 5.74) is 3.68. The van der Waals surface area contributed by atoms with Crippen LogP contribution in [0.4, 0.5) is 10.5 Å². The van der Waals surface area contributed by atoms with E-state index in [-0.39, 0.29) is 6.03 Å². The molecule has 1 aliphatic rings. The van der Waals surface area contributed by atoms with Gasteiger partial charge in [0.1, 0.15) is 0 Å². The molecule has 0 radical (unpaired) electrons. The zero-order valence-corrected chi connectivity index (χ0v) is 13.7. The number of urea groups is 1. The molecule has 1 aromatic carbocycles. The monoisotopic (exact) mass is 312 g/mol. The van der Waals surface area contributed by atoms with Crippen LogP contribution in [0.1, 0.15) is 30.4 Å². The van der Waals surface area contributed by atoms with Crippen molar-refractivity contribution in [2.24, 2.45) is 0 Å². The van der Waals surface area contributed by atoms with Crippen molar-refractivity contribution in [3.8, 4) is 0 Å². The molecule has 23 heavy (non-hydrogen) atoms. The fourth-order valence-corrected chi connectivity index (χ4v) is 3.11. The number of amides is 2. The third-order valence-electron chi connectivity index (χ3n) is 4.42. The largest absolute Gasteiger partial charge is 0.328 e. The van der Waals surface area contributed by atoms with E-state index in [1.165, 1.54) is 24.0 Å². The van der Waals surface area contributed by atoms with E-state index in [4.69, 9.17) is 0 Å². The maximum Gasteiger partial charge on any atom is 0.321 e. The molecule has 1 aliphatic carbocycles.